The van der Waals surface area contributed by atoms with Crippen molar-refractivity contribution in [3.8, 4) is 0 Å². The fourth-order valence-electron chi connectivity index (χ4n) is 2.67. The highest BCUT2D eigenvalue weighted by Gasteiger charge is 2.27. The molecule has 1 heterocycles. The Morgan fingerprint density at radius 3 is 2.59 bits per heavy atom. The lowest BCUT2D eigenvalue weighted by molar-refractivity contribution is -0.134. The van der Waals surface area contributed by atoms with Crippen LogP contribution >= 0.6 is 15.9 Å². The highest BCUT2D eigenvalue weighted by molar-refractivity contribution is 9.10. The van der Waals surface area contributed by atoms with E-state index in [-0.39, 0.29) is 17.7 Å². The second-order valence-corrected chi connectivity index (χ2v) is 6.58. The summed E-state index contributed by atoms with van der Waals surface area (Å²) in [6.45, 7) is 3.47. The van der Waals surface area contributed by atoms with Gasteiger partial charge in [0.2, 0.25) is 11.8 Å². The molecule has 0 radical (unpaired) electrons. The van der Waals surface area contributed by atoms with E-state index in [2.05, 4.69) is 28.2 Å². The summed E-state index contributed by atoms with van der Waals surface area (Å²) in [5.74, 6) is 0.265. The van der Waals surface area contributed by atoms with Gasteiger partial charge in [0.1, 0.15) is 0 Å². The predicted octanol–water partition coefficient (Wildman–Crippen LogP) is 3.82. The van der Waals surface area contributed by atoms with Crippen LogP contribution < -0.4 is 5.32 Å². The zero-order chi connectivity index (χ0) is 15.9. The van der Waals surface area contributed by atoms with E-state index < -0.39 is 0 Å². The standard InChI is InChI=1S/C17H23BrN2O2/c1-2-3-8-16(21)20-11-9-13(10-12-20)17(22)19-15-7-5-4-6-14(15)18/h4-7,13H,2-3,8-12H2,1H3,(H,19,22). The topological polar surface area (TPSA) is 49.4 Å². The van der Waals surface area contributed by atoms with E-state index in [1.54, 1.807) is 0 Å². The van der Waals surface area contributed by atoms with Crippen molar-refractivity contribution < 1.29 is 9.59 Å². The van der Waals surface area contributed by atoms with E-state index in [4.69, 9.17) is 0 Å². The van der Waals surface area contributed by atoms with Gasteiger partial charge in [0, 0.05) is 29.9 Å². The lowest BCUT2D eigenvalue weighted by atomic mass is 9.95. The highest BCUT2D eigenvalue weighted by atomic mass is 79.9. The van der Waals surface area contributed by atoms with Gasteiger partial charge in [-0.1, -0.05) is 25.5 Å². The van der Waals surface area contributed by atoms with Gasteiger partial charge in [0.05, 0.1) is 5.69 Å². The van der Waals surface area contributed by atoms with Gasteiger partial charge in [-0.25, -0.2) is 0 Å². The smallest absolute Gasteiger partial charge is 0.227 e. The Labute approximate surface area is 140 Å². The molecule has 1 N–H and O–H groups in total. The number of piperidine rings is 1. The quantitative estimate of drug-likeness (QED) is 0.860. The number of hydrogen-bond acceptors (Lipinski definition) is 2. The van der Waals surface area contributed by atoms with Crippen LogP contribution in [0.2, 0.25) is 0 Å². The molecule has 120 valence electrons. The fraction of sp³-hybridized carbons (Fsp3) is 0.529. The summed E-state index contributed by atoms with van der Waals surface area (Å²) in [5, 5.41) is 2.97. The van der Waals surface area contributed by atoms with Crippen molar-refractivity contribution in [2.24, 2.45) is 5.92 Å². The van der Waals surface area contributed by atoms with E-state index in [0.29, 0.717) is 19.5 Å². The summed E-state index contributed by atoms with van der Waals surface area (Å²) in [6, 6.07) is 7.60. The van der Waals surface area contributed by atoms with Gasteiger partial charge < -0.3 is 10.2 Å². The molecule has 2 rings (SSSR count). The Morgan fingerprint density at radius 1 is 1.27 bits per heavy atom. The van der Waals surface area contributed by atoms with E-state index in [1.165, 1.54) is 0 Å². The van der Waals surface area contributed by atoms with Crippen molar-refractivity contribution in [1.29, 1.82) is 0 Å². The summed E-state index contributed by atoms with van der Waals surface area (Å²) in [6.07, 6.45) is 4.10. The molecule has 1 aliphatic heterocycles. The van der Waals surface area contributed by atoms with Crippen LogP contribution in [0.15, 0.2) is 28.7 Å². The monoisotopic (exact) mass is 366 g/mol. The molecular weight excluding hydrogens is 344 g/mol. The zero-order valence-electron chi connectivity index (χ0n) is 13.0. The Hall–Kier alpha value is -1.36. The third-order valence-electron chi connectivity index (χ3n) is 4.09. The first kappa shape index (κ1) is 17.0. The van der Waals surface area contributed by atoms with Crippen LogP contribution in [0.5, 0.6) is 0 Å². The van der Waals surface area contributed by atoms with Crippen LogP contribution in [0, 0.1) is 5.92 Å². The van der Waals surface area contributed by atoms with Crippen molar-refractivity contribution in [2.45, 2.75) is 39.0 Å². The van der Waals surface area contributed by atoms with E-state index >= 15 is 0 Å². The minimum atomic E-state index is -0.0117. The molecule has 0 atom stereocenters. The molecule has 1 fully saturated rings. The third kappa shape index (κ3) is 4.57. The maximum atomic E-state index is 12.3. The van der Waals surface area contributed by atoms with Gasteiger partial charge in [0.25, 0.3) is 0 Å². The Morgan fingerprint density at radius 2 is 1.95 bits per heavy atom. The van der Waals surface area contributed by atoms with Gasteiger partial charge in [-0.2, -0.15) is 0 Å². The van der Waals surface area contributed by atoms with Crippen molar-refractivity contribution >= 4 is 33.4 Å². The first-order chi connectivity index (χ1) is 10.6. The van der Waals surface area contributed by atoms with Crippen LogP contribution in [0.25, 0.3) is 0 Å². The van der Waals surface area contributed by atoms with Crippen LogP contribution in [-0.4, -0.2) is 29.8 Å². The SMILES string of the molecule is CCCCC(=O)N1CCC(C(=O)Nc2ccccc2Br)CC1. The van der Waals surface area contributed by atoms with Gasteiger partial charge in [-0.3, -0.25) is 9.59 Å². The zero-order valence-corrected chi connectivity index (χ0v) is 14.6. The molecule has 5 heteroatoms. The van der Waals surface area contributed by atoms with E-state index in [1.807, 2.05) is 29.2 Å². The molecule has 4 nitrogen and oxygen atoms in total. The number of amides is 2. The van der Waals surface area contributed by atoms with Crippen LogP contribution in [0.4, 0.5) is 5.69 Å². The van der Waals surface area contributed by atoms with Crippen molar-refractivity contribution in [1.82, 2.24) is 4.90 Å². The second kappa shape index (κ2) is 8.32. The van der Waals surface area contributed by atoms with Crippen molar-refractivity contribution in [2.75, 3.05) is 18.4 Å². The van der Waals surface area contributed by atoms with E-state index in [0.717, 1.165) is 35.8 Å². The summed E-state index contributed by atoms with van der Waals surface area (Å²) in [7, 11) is 0. The van der Waals surface area contributed by atoms with Crippen LogP contribution in [0.3, 0.4) is 0 Å². The van der Waals surface area contributed by atoms with Crippen LogP contribution in [0.1, 0.15) is 39.0 Å². The van der Waals surface area contributed by atoms with Gasteiger partial charge in [-0.15, -0.1) is 0 Å². The minimum Gasteiger partial charge on any atom is -0.343 e. The summed E-state index contributed by atoms with van der Waals surface area (Å²) < 4.78 is 0.885. The van der Waals surface area contributed by atoms with Gasteiger partial charge >= 0.3 is 0 Å². The molecule has 0 saturated carbocycles. The molecule has 1 aromatic carbocycles. The molecular formula is C17H23BrN2O2. The summed E-state index contributed by atoms with van der Waals surface area (Å²) in [4.78, 5) is 26.2. The van der Waals surface area contributed by atoms with Gasteiger partial charge in [0.15, 0.2) is 0 Å². The largest absolute Gasteiger partial charge is 0.343 e. The molecule has 0 aromatic heterocycles. The predicted molar refractivity (Wildman–Crippen MR) is 91.6 cm³/mol. The molecule has 1 aromatic rings. The molecule has 0 aliphatic carbocycles. The number of carbonyl (C=O) groups excluding carboxylic acids is 2. The number of nitrogens with zero attached hydrogens (tertiary/aromatic N) is 1. The summed E-state index contributed by atoms with van der Waals surface area (Å²) in [5.41, 5.74) is 0.800. The number of para-hydroxylation sites is 1. The Kier molecular flexibility index (Phi) is 6.43. The number of hydrogen-bond donors (Lipinski definition) is 1. The lowest BCUT2D eigenvalue weighted by Crippen LogP contribution is -2.41. The third-order valence-corrected chi connectivity index (χ3v) is 4.79. The summed E-state index contributed by atoms with van der Waals surface area (Å²) >= 11 is 3.43. The Bertz CT molecular complexity index is 525. The van der Waals surface area contributed by atoms with Gasteiger partial charge in [-0.05, 0) is 47.3 Å². The maximum Gasteiger partial charge on any atom is 0.227 e. The fourth-order valence-corrected chi connectivity index (χ4v) is 3.06. The lowest BCUT2D eigenvalue weighted by Gasteiger charge is -2.31. The first-order valence-corrected chi connectivity index (χ1v) is 8.74. The van der Waals surface area contributed by atoms with Crippen molar-refractivity contribution in [3.05, 3.63) is 28.7 Å². The molecule has 0 unspecified atom stereocenters. The average molecular weight is 367 g/mol. The first-order valence-electron chi connectivity index (χ1n) is 7.95. The van der Waals surface area contributed by atoms with Crippen LogP contribution in [-0.2, 0) is 9.59 Å². The molecule has 1 aliphatic rings. The number of rotatable bonds is 5. The molecule has 22 heavy (non-hydrogen) atoms. The van der Waals surface area contributed by atoms with E-state index in [9.17, 15) is 9.59 Å². The number of nitrogens with one attached hydrogen (secondary N) is 1. The van der Waals surface area contributed by atoms with Crippen molar-refractivity contribution in [3.63, 3.8) is 0 Å². The molecule has 2 amide bonds. The number of benzene rings is 1. The highest BCUT2D eigenvalue weighted by Crippen LogP contribution is 2.24. The second-order valence-electron chi connectivity index (χ2n) is 5.73. The maximum absolute atomic E-state index is 12.3. The average Bonchev–Trinajstić information content (AvgIpc) is 2.55. The number of carbonyl (C=O) groups is 2. The Balaban J connectivity index is 1.82. The normalized spacial score (nSPS) is 15.6. The molecule has 1 saturated heterocycles. The number of unbranched alkanes of at least 4 members (excludes halogenated alkanes) is 1. The molecule has 0 spiro atoms. The molecule has 0 bridgehead atoms. The number of likely N-dealkylation sites (tertiary alicyclic amines) is 1. The number of halogens is 1. The number of anilines is 1. The minimum absolute atomic E-state index is 0.0117.